The molecule has 2 unspecified atom stereocenters. The highest BCUT2D eigenvalue weighted by Gasteiger charge is 2.18. The lowest BCUT2D eigenvalue weighted by Crippen LogP contribution is -2.33. The number of nitrogens with one attached hydrogen (secondary N) is 3. The smallest absolute Gasteiger partial charge is 0.191 e. The lowest BCUT2D eigenvalue weighted by atomic mass is 10.2. The van der Waals surface area contributed by atoms with Crippen LogP contribution < -0.4 is 10.6 Å². The van der Waals surface area contributed by atoms with E-state index < -0.39 is 0 Å². The fourth-order valence-electron chi connectivity index (χ4n) is 1.58. The molecule has 72 valence electrons. The molecule has 1 saturated heterocycles. The lowest BCUT2D eigenvalue weighted by Gasteiger charge is -2.15. The van der Waals surface area contributed by atoms with Crippen LogP contribution in [0, 0.1) is 0 Å². The van der Waals surface area contributed by atoms with Crippen LogP contribution in [0.15, 0.2) is 0 Å². The monoisotopic (exact) mass is 182 g/mol. The van der Waals surface area contributed by atoms with Crippen LogP contribution in [0.5, 0.6) is 0 Å². The predicted molar refractivity (Wildman–Crippen MR) is 47.0 cm³/mol. The van der Waals surface area contributed by atoms with E-state index in [0.29, 0.717) is 6.04 Å². The van der Waals surface area contributed by atoms with Gasteiger partial charge in [-0.3, -0.25) is 0 Å². The number of tetrazole rings is 1. The summed E-state index contributed by atoms with van der Waals surface area (Å²) in [6.07, 6.45) is 1.17. The fourth-order valence-corrected chi connectivity index (χ4v) is 1.58. The molecule has 2 heterocycles. The van der Waals surface area contributed by atoms with E-state index in [1.54, 1.807) is 0 Å². The second-order valence-electron chi connectivity index (χ2n) is 3.35. The van der Waals surface area contributed by atoms with Gasteiger partial charge in [-0.05, 0) is 19.9 Å². The Kier molecular flexibility index (Phi) is 2.51. The predicted octanol–water partition coefficient (Wildman–Crippen LogP) is -0.788. The van der Waals surface area contributed by atoms with Gasteiger partial charge >= 0.3 is 0 Å². The maximum absolute atomic E-state index is 3.93. The summed E-state index contributed by atoms with van der Waals surface area (Å²) in [4.78, 5) is 0. The molecule has 0 spiro atoms. The Morgan fingerprint density at radius 1 is 1.62 bits per heavy atom. The quantitative estimate of drug-likeness (QED) is 0.571. The van der Waals surface area contributed by atoms with Gasteiger partial charge in [-0.15, -0.1) is 10.2 Å². The molecule has 1 aliphatic rings. The minimum Gasteiger partial charge on any atom is -0.315 e. The second-order valence-corrected chi connectivity index (χ2v) is 3.35. The molecule has 1 aromatic heterocycles. The van der Waals surface area contributed by atoms with E-state index in [0.717, 1.165) is 18.9 Å². The van der Waals surface area contributed by atoms with E-state index in [1.165, 1.54) is 6.42 Å². The molecule has 1 aliphatic heterocycles. The summed E-state index contributed by atoms with van der Waals surface area (Å²) in [5, 5.41) is 20.6. The van der Waals surface area contributed by atoms with Gasteiger partial charge in [0.05, 0.1) is 6.04 Å². The van der Waals surface area contributed by atoms with E-state index in [4.69, 9.17) is 0 Å². The van der Waals surface area contributed by atoms with Crippen LogP contribution in [-0.4, -0.2) is 39.8 Å². The highest BCUT2D eigenvalue weighted by atomic mass is 15.5. The first kappa shape index (κ1) is 8.58. The van der Waals surface area contributed by atoms with Gasteiger partial charge in [0.25, 0.3) is 0 Å². The molecule has 0 aliphatic carbocycles. The molecule has 0 radical (unpaired) electrons. The van der Waals surface area contributed by atoms with Crippen molar-refractivity contribution >= 4 is 0 Å². The van der Waals surface area contributed by atoms with Crippen molar-refractivity contribution in [2.45, 2.75) is 25.4 Å². The molecule has 2 rings (SSSR count). The molecule has 0 saturated carbocycles. The van der Waals surface area contributed by atoms with Crippen molar-refractivity contribution in [3.8, 4) is 0 Å². The van der Waals surface area contributed by atoms with Gasteiger partial charge < -0.3 is 10.6 Å². The molecule has 0 aromatic carbocycles. The SMILES string of the molecule is CC(NC1CCNC1)c1nn[nH]n1. The minimum atomic E-state index is 0.170. The fraction of sp³-hybridized carbons (Fsp3) is 0.857. The molecule has 1 fully saturated rings. The maximum Gasteiger partial charge on any atom is 0.191 e. The van der Waals surface area contributed by atoms with Gasteiger partial charge in [0, 0.05) is 12.6 Å². The lowest BCUT2D eigenvalue weighted by molar-refractivity contribution is 0.463. The third-order valence-electron chi connectivity index (χ3n) is 2.30. The molecule has 0 bridgehead atoms. The van der Waals surface area contributed by atoms with Crippen LogP contribution in [0.4, 0.5) is 0 Å². The summed E-state index contributed by atoms with van der Waals surface area (Å²) >= 11 is 0. The van der Waals surface area contributed by atoms with Crippen molar-refractivity contribution in [3.63, 3.8) is 0 Å². The van der Waals surface area contributed by atoms with Crippen LogP contribution in [-0.2, 0) is 0 Å². The number of H-pyrrole nitrogens is 1. The second kappa shape index (κ2) is 3.80. The number of aromatic nitrogens is 4. The van der Waals surface area contributed by atoms with E-state index in [2.05, 4.69) is 31.3 Å². The van der Waals surface area contributed by atoms with Gasteiger partial charge in [0.1, 0.15) is 0 Å². The summed E-state index contributed by atoms with van der Waals surface area (Å²) < 4.78 is 0. The standard InChI is InChI=1S/C7H14N6/c1-5(7-10-12-13-11-7)9-6-2-3-8-4-6/h5-6,8-9H,2-4H2,1H3,(H,10,11,12,13). The Labute approximate surface area is 76.5 Å². The van der Waals surface area contributed by atoms with Crippen molar-refractivity contribution in [1.29, 1.82) is 0 Å². The van der Waals surface area contributed by atoms with Crippen molar-refractivity contribution in [2.24, 2.45) is 0 Å². The van der Waals surface area contributed by atoms with E-state index in [-0.39, 0.29) is 6.04 Å². The van der Waals surface area contributed by atoms with Gasteiger partial charge in [0.2, 0.25) is 0 Å². The van der Waals surface area contributed by atoms with Crippen LogP contribution in [0.2, 0.25) is 0 Å². The number of hydrogen-bond acceptors (Lipinski definition) is 5. The number of hydrogen-bond donors (Lipinski definition) is 3. The van der Waals surface area contributed by atoms with Crippen LogP contribution in [0.3, 0.4) is 0 Å². The third kappa shape index (κ3) is 2.02. The topological polar surface area (TPSA) is 78.5 Å². The normalized spacial score (nSPS) is 24.8. The van der Waals surface area contributed by atoms with Gasteiger partial charge in [0.15, 0.2) is 5.82 Å². The van der Waals surface area contributed by atoms with Gasteiger partial charge in [-0.1, -0.05) is 5.21 Å². The highest BCUT2D eigenvalue weighted by molar-refractivity contribution is 4.89. The average molecular weight is 182 g/mol. The molecule has 13 heavy (non-hydrogen) atoms. The van der Waals surface area contributed by atoms with Crippen LogP contribution in [0.25, 0.3) is 0 Å². The minimum absolute atomic E-state index is 0.170. The summed E-state index contributed by atoms with van der Waals surface area (Å²) in [5.41, 5.74) is 0. The van der Waals surface area contributed by atoms with Crippen molar-refractivity contribution in [2.75, 3.05) is 13.1 Å². The number of nitrogens with zero attached hydrogens (tertiary/aromatic N) is 3. The molecule has 6 nitrogen and oxygen atoms in total. The first-order valence-electron chi connectivity index (χ1n) is 4.56. The Hall–Kier alpha value is -1.01. The molecular weight excluding hydrogens is 168 g/mol. The van der Waals surface area contributed by atoms with Crippen molar-refractivity contribution in [1.82, 2.24) is 31.3 Å². The summed E-state index contributed by atoms with van der Waals surface area (Å²) in [6.45, 7) is 4.17. The summed E-state index contributed by atoms with van der Waals surface area (Å²) in [6, 6.07) is 0.706. The first-order valence-corrected chi connectivity index (χ1v) is 4.56. The van der Waals surface area contributed by atoms with E-state index >= 15 is 0 Å². The van der Waals surface area contributed by atoms with Crippen LogP contribution >= 0.6 is 0 Å². The van der Waals surface area contributed by atoms with Crippen molar-refractivity contribution < 1.29 is 0 Å². The molecule has 1 aromatic rings. The first-order chi connectivity index (χ1) is 6.36. The molecule has 2 atom stereocenters. The summed E-state index contributed by atoms with van der Waals surface area (Å²) in [5.74, 6) is 0.729. The Morgan fingerprint density at radius 2 is 2.54 bits per heavy atom. The summed E-state index contributed by atoms with van der Waals surface area (Å²) in [7, 11) is 0. The third-order valence-corrected chi connectivity index (χ3v) is 2.30. The molecule has 0 amide bonds. The average Bonchev–Trinajstić information content (AvgIpc) is 2.74. The number of aromatic amines is 1. The zero-order valence-electron chi connectivity index (χ0n) is 7.62. The molecule has 6 heteroatoms. The molecule has 3 N–H and O–H groups in total. The Morgan fingerprint density at radius 3 is 3.15 bits per heavy atom. The van der Waals surface area contributed by atoms with E-state index in [1.807, 2.05) is 6.92 Å². The van der Waals surface area contributed by atoms with Gasteiger partial charge in [-0.25, -0.2) is 0 Å². The molecular formula is C7H14N6. The van der Waals surface area contributed by atoms with Gasteiger partial charge in [-0.2, -0.15) is 5.21 Å². The largest absolute Gasteiger partial charge is 0.315 e. The highest BCUT2D eigenvalue weighted by Crippen LogP contribution is 2.07. The Bertz CT molecular complexity index is 239. The van der Waals surface area contributed by atoms with E-state index in [9.17, 15) is 0 Å². The zero-order chi connectivity index (χ0) is 9.10. The maximum atomic E-state index is 3.93. The Balaban J connectivity index is 1.87. The van der Waals surface area contributed by atoms with Crippen LogP contribution in [0.1, 0.15) is 25.2 Å². The number of rotatable bonds is 3. The zero-order valence-corrected chi connectivity index (χ0v) is 7.62. The van der Waals surface area contributed by atoms with Crippen molar-refractivity contribution in [3.05, 3.63) is 5.82 Å².